The van der Waals surface area contributed by atoms with E-state index < -0.39 is 0 Å². The van der Waals surface area contributed by atoms with Crippen LogP contribution in [0, 0.1) is 12.8 Å². The van der Waals surface area contributed by atoms with Crippen molar-refractivity contribution in [2.45, 2.75) is 40.0 Å². The third-order valence-electron chi connectivity index (χ3n) is 5.45. The number of methoxy groups -OCH3 is 1. The van der Waals surface area contributed by atoms with Crippen LogP contribution < -0.4 is 9.64 Å². The Labute approximate surface area is 185 Å². The predicted molar refractivity (Wildman–Crippen MR) is 125 cm³/mol. The maximum Gasteiger partial charge on any atom is 0.257 e. The van der Waals surface area contributed by atoms with Crippen LogP contribution in [0.3, 0.4) is 0 Å². The molecule has 0 unspecified atom stereocenters. The van der Waals surface area contributed by atoms with Crippen molar-refractivity contribution >= 4 is 11.6 Å². The van der Waals surface area contributed by atoms with E-state index >= 15 is 0 Å². The molecule has 0 fully saturated rings. The van der Waals surface area contributed by atoms with E-state index in [1.165, 1.54) is 0 Å². The van der Waals surface area contributed by atoms with E-state index in [4.69, 9.17) is 4.74 Å². The number of benzene rings is 1. The monoisotopic (exact) mass is 420 g/mol. The minimum Gasteiger partial charge on any atom is -0.495 e. The first-order valence-electron chi connectivity index (χ1n) is 10.8. The number of pyridine rings is 1. The van der Waals surface area contributed by atoms with E-state index in [2.05, 4.69) is 24.9 Å². The summed E-state index contributed by atoms with van der Waals surface area (Å²) in [6.45, 7) is 6.86. The molecule has 0 bridgehead atoms. The second kappa shape index (κ2) is 10.4. The lowest BCUT2D eigenvalue weighted by molar-refractivity contribution is -0.115. The van der Waals surface area contributed by atoms with Crippen LogP contribution in [0.15, 0.2) is 60.0 Å². The van der Waals surface area contributed by atoms with E-state index in [0.29, 0.717) is 23.8 Å². The highest BCUT2D eigenvalue weighted by Gasteiger charge is 2.23. The molecular weight excluding hydrogens is 388 g/mol. The van der Waals surface area contributed by atoms with Gasteiger partial charge in [-0.15, -0.1) is 0 Å². The number of anilines is 1. The molecule has 31 heavy (non-hydrogen) atoms. The van der Waals surface area contributed by atoms with Gasteiger partial charge in [0.05, 0.1) is 19.9 Å². The molecule has 0 spiro atoms. The Morgan fingerprint density at radius 1 is 1.23 bits per heavy atom. The summed E-state index contributed by atoms with van der Waals surface area (Å²) in [6.07, 6.45) is 9.96. The van der Waals surface area contributed by atoms with Crippen molar-refractivity contribution in [3.63, 3.8) is 0 Å². The normalized spacial score (nSPS) is 14.0. The molecule has 164 valence electrons. The van der Waals surface area contributed by atoms with Crippen molar-refractivity contribution in [3.05, 3.63) is 65.5 Å². The Hall–Kier alpha value is -2.92. The highest BCUT2D eigenvalue weighted by Crippen LogP contribution is 2.31. The van der Waals surface area contributed by atoms with Gasteiger partial charge in [0.1, 0.15) is 5.75 Å². The number of aliphatic hydroxyl groups is 1. The second-order valence-corrected chi connectivity index (χ2v) is 8.44. The minimum atomic E-state index is -0.0226. The van der Waals surface area contributed by atoms with Crippen LogP contribution in [0.2, 0.25) is 0 Å². The quantitative estimate of drug-likeness (QED) is 0.678. The predicted octanol–water partition coefficient (Wildman–Crippen LogP) is 5.08. The van der Waals surface area contributed by atoms with Crippen LogP contribution in [0.25, 0.3) is 11.1 Å². The average molecular weight is 421 g/mol. The molecule has 1 aromatic carbocycles. The molecule has 0 saturated carbocycles. The Kier molecular flexibility index (Phi) is 7.64. The number of ether oxygens (including phenoxy) is 1. The molecule has 0 atom stereocenters. The van der Waals surface area contributed by atoms with Crippen LogP contribution >= 0.6 is 0 Å². The summed E-state index contributed by atoms with van der Waals surface area (Å²) in [5.41, 5.74) is 5.42. The molecule has 2 aromatic rings. The van der Waals surface area contributed by atoms with Gasteiger partial charge in [0.15, 0.2) is 0 Å². The first kappa shape index (κ1) is 22.8. The lowest BCUT2D eigenvalue weighted by atomic mass is 10.0. The number of carbonyl (C=O) groups excluding carboxylic acids is 1. The van der Waals surface area contributed by atoms with Crippen LogP contribution in [0.5, 0.6) is 5.75 Å². The van der Waals surface area contributed by atoms with Crippen molar-refractivity contribution in [3.8, 4) is 16.9 Å². The zero-order chi connectivity index (χ0) is 22.4. The van der Waals surface area contributed by atoms with Gasteiger partial charge in [-0.2, -0.15) is 0 Å². The van der Waals surface area contributed by atoms with Gasteiger partial charge in [0, 0.05) is 29.6 Å². The maximum atomic E-state index is 13.6. The number of rotatable bonds is 7. The lowest BCUT2D eigenvalue weighted by Gasteiger charge is -2.27. The Bertz CT molecular complexity index is 992. The Balaban J connectivity index is 2.04. The molecule has 5 nitrogen and oxygen atoms in total. The number of aliphatic hydroxyl groups excluding tert-OH is 1. The molecule has 1 heterocycles. The molecule has 0 radical (unpaired) electrons. The summed E-state index contributed by atoms with van der Waals surface area (Å²) in [5.74, 6) is 0.976. The highest BCUT2D eigenvalue weighted by molar-refractivity contribution is 6.08. The maximum absolute atomic E-state index is 13.6. The number of nitrogens with zero attached hydrogens (tertiary/aromatic N) is 2. The van der Waals surface area contributed by atoms with Gasteiger partial charge in [0.25, 0.3) is 5.91 Å². The third-order valence-corrected chi connectivity index (χ3v) is 5.45. The Morgan fingerprint density at radius 2 is 2.03 bits per heavy atom. The number of carbonyl (C=O) groups is 1. The van der Waals surface area contributed by atoms with Crippen molar-refractivity contribution < 1.29 is 14.6 Å². The lowest BCUT2D eigenvalue weighted by Crippen LogP contribution is -2.35. The molecule has 1 aliphatic carbocycles. The summed E-state index contributed by atoms with van der Waals surface area (Å²) in [7, 11) is 1.62. The summed E-state index contributed by atoms with van der Waals surface area (Å²) in [6, 6.07) is 8.09. The molecule has 1 aliphatic rings. The SMILES string of the molecule is COc1cncc(-c2ccc(C)c(N(CC(C)C)C(=O)C3=CCCCC(CO)=C3)c2)c1. The standard InChI is InChI=1S/C26H32N2O3/c1-18(2)16-28(26(30)22-8-6-5-7-20(11-22)17-29)25-13-21(10-9-19(25)3)23-12-24(31-4)15-27-14-23/h8-15,18,29H,5-7,16-17H2,1-4H3. The minimum absolute atomic E-state index is 0.00778. The van der Waals surface area contributed by atoms with Gasteiger partial charge in [-0.05, 0) is 67.0 Å². The average Bonchev–Trinajstić information content (AvgIpc) is 3.03. The molecule has 0 aliphatic heterocycles. The smallest absolute Gasteiger partial charge is 0.257 e. The number of aryl methyl sites for hydroxylation is 1. The topological polar surface area (TPSA) is 62.7 Å². The van der Waals surface area contributed by atoms with Gasteiger partial charge >= 0.3 is 0 Å². The van der Waals surface area contributed by atoms with E-state index in [0.717, 1.165) is 47.2 Å². The summed E-state index contributed by atoms with van der Waals surface area (Å²) in [5, 5.41) is 9.63. The fourth-order valence-electron chi connectivity index (χ4n) is 3.79. The zero-order valence-corrected chi connectivity index (χ0v) is 18.9. The highest BCUT2D eigenvalue weighted by atomic mass is 16.5. The number of aromatic nitrogens is 1. The summed E-state index contributed by atoms with van der Waals surface area (Å²) in [4.78, 5) is 19.8. The largest absolute Gasteiger partial charge is 0.495 e. The van der Waals surface area contributed by atoms with Crippen molar-refractivity contribution in [1.29, 1.82) is 0 Å². The van der Waals surface area contributed by atoms with E-state index in [-0.39, 0.29) is 12.5 Å². The van der Waals surface area contributed by atoms with Gasteiger partial charge in [-0.1, -0.05) is 32.1 Å². The van der Waals surface area contributed by atoms with E-state index in [9.17, 15) is 9.90 Å². The first-order chi connectivity index (χ1) is 14.9. The molecule has 1 amide bonds. The van der Waals surface area contributed by atoms with Crippen LogP contribution in [-0.2, 0) is 4.79 Å². The second-order valence-electron chi connectivity index (χ2n) is 8.44. The molecule has 1 N–H and O–H groups in total. The summed E-state index contributed by atoms with van der Waals surface area (Å²) >= 11 is 0. The van der Waals surface area contributed by atoms with Gasteiger partial charge in [-0.3, -0.25) is 9.78 Å². The van der Waals surface area contributed by atoms with Gasteiger partial charge in [-0.25, -0.2) is 0 Å². The molecule has 5 heteroatoms. The number of hydrogen-bond donors (Lipinski definition) is 1. The van der Waals surface area contributed by atoms with Crippen molar-refractivity contribution in [1.82, 2.24) is 4.98 Å². The number of amides is 1. The van der Waals surface area contributed by atoms with Gasteiger partial charge in [0.2, 0.25) is 0 Å². The van der Waals surface area contributed by atoms with Gasteiger partial charge < -0.3 is 14.7 Å². The van der Waals surface area contributed by atoms with E-state index in [1.807, 2.05) is 42.2 Å². The molecule has 1 aromatic heterocycles. The Morgan fingerprint density at radius 3 is 2.74 bits per heavy atom. The van der Waals surface area contributed by atoms with Crippen molar-refractivity contribution in [2.75, 3.05) is 25.2 Å². The zero-order valence-electron chi connectivity index (χ0n) is 18.9. The number of hydrogen-bond acceptors (Lipinski definition) is 4. The fourth-order valence-corrected chi connectivity index (χ4v) is 3.79. The number of allylic oxidation sites excluding steroid dienone is 1. The van der Waals surface area contributed by atoms with Crippen LogP contribution in [-0.4, -0.2) is 36.3 Å². The van der Waals surface area contributed by atoms with Crippen LogP contribution in [0.4, 0.5) is 5.69 Å². The van der Waals surface area contributed by atoms with Crippen molar-refractivity contribution in [2.24, 2.45) is 5.92 Å². The van der Waals surface area contributed by atoms with E-state index in [1.54, 1.807) is 19.5 Å². The summed E-state index contributed by atoms with van der Waals surface area (Å²) < 4.78 is 5.32. The third kappa shape index (κ3) is 5.61. The fraction of sp³-hybridized carbons (Fsp3) is 0.385. The van der Waals surface area contributed by atoms with Crippen LogP contribution in [0.1, 0.15) is 38.7 Å². The molecule has 0 saturated heterocycles. The molecular formula is C26H32N2O3. The first-order valence-corrected chi connectivity index (χ1v) is 10.8. The molecule has 3 rings (SSSR count).